The van der Waals surface area contributed by atoms with E-state index in [1.807, 2.05) is 0 Å². The van der Waals surface area contributed by atoms with Gasteiger partial charge in [0.25, 0.3) is 0 Å². The van der Waals surface area contributed by atoms with Crippen molar-refractivity contribution in [3.63, 3.8) is 0 Å². The van der Waals surface area contributed by atoms with Gasteiger partial charge in [-0.3, -0.25) is 0 Å². The average Bonchev–Trinajstić information content (AvgIpc) is 0.678. The van der Waals surface area contributed by atoms with E-state index in [0.29, 0.717) is 0 Å². The Kier molecular flexibility index (Phi) is 21.1. The number of fused-ring (bicyclic) bond motifs is 36. The first-order valence-corrected chi connectivity index (χ1v) is 52.1. The van der Waals surface area contributed by atoms with Crippen LogP contribution in [0.1, 0.15) is 0 Å². The van der Waals surface area contributed by atoms with Gasteiger partial charge >= 0.3 is 0 Å². The topological polar surface area (TPSA) is 0 Å². The van der Waals surface area contributed by atoms with E-state index in [9.17, 15) is 0 Å². The zero-order valence-electron chi connectivity index (χ0n) is 82.3. The summed E-state index contributed by atoms with van der Waals surface area (Å²) in [6.07, 6.45) is 0. The van der Waals surface area contributed by atoms with Gasteiger partial charge in [0, 0.05) is 0 Å². The van der Waals surface area contributed by atoms with E-state index in [2.05, 4.69) is 570 Å². The first kappa shape index (κ1) is 87.1. The molecule has 0 aliphatic rings. The zero-order valence-corrected chi connectivity index (χ0v) is 82.3. The fraction of sp³-hybridized carbons (Fsp3) is 0. The van der Waals surface area contributed by atoms with Crippen molar-refractivity contribution in [2.45, 2.75) is 0 Å². The third-order valence-corrected chi connectivity index (χ3v) is 31.8. The Morgan fingerprint density at radius 3 is 0.420 bits per heavy atom. The van der Waals surface area contributed by atoms with Gasteiger partial charge < -0.3 is 0 Å². The lowest BCUT2D eigenvalue weighted by molar-refractivity contribution is 1.58. The summed E-state index contributed by atoms with van der Waals surface area (Å²) in [6.45, 7) is 0. The Morgan fingerprint density at radius 2 is 0.193 bits per heavy atom. The van der Waals surface area contributed by atoms with Crippen molar-refractivity contribution in [1.82, 2.24) is 0 Å². The van der Waals surface area contributed by atoms with Crippen LogP contribution >= 0.6 is 0 Å². The van der Waals surface area contributed by atoms with Gasteiger partial charge in [-0.1, -0.05) is 497 Å². The Hall–Kier alpha value is -19.5. The van der Waals surface area contributed by atoms with Gasteiger partial charge in [-0.05, 0) is 378 Å². The van der Waals surface area contributed by atoms with Crippen LogP contribution < -0.4 is 0 Å². The average molecular weight is 1900 g/mol. The first-order chi connectivity index (χ1) is 74.4. The van der Waals surface area contributed by atoms with Crippen LogP contribution in [0.3, 0.4) is 0 Å². The lowest BCUT2D eigenvalue weighted by atomic mass is 9.86. The predicted molar refractivity (Wildman–Crippen MR) is 649 cm³/mol. The molecule has 0 heterocycles. The van der Waals surface area contributed by atoms with Crippen LogP contribution in [0.15, 0.2) is 570 Å². The number of benzene rings is 31. The highest BCUT2D eigenvalue weighted by atomic mass is 14.3. The minimum Gasteiger partial charge on any atom is -0.0622 e. The van der Waals surface area contributed by atoms with Crippen molar-refractivity contribution in [3.05, 3.63) is 570 Å². The summed E-state index contributed by atoms with van der Waals surface area (Å²) in [5.74, 6) is 0. The lowest BCUT2D eigenvalue weighted by Gasteiger charge is -2.17. The summed E-state index contributed by atoms with van der Waals surface area (Å²) in [7, 11) is 0. The molecule has 0 saturated carbocycles. The molecule has 0 radical (unpaired) electrons. The molecular weight excluding hydrogens is 1800 g/mol. The maximum atomic E-state index is 2.41. The molecule has 0 amide bonds. The minimum absolute atomic E-state index is 1.20. The largest absolute Gasteiger partial charge is 0.0622 e. The van der Waals surface area contributed by atoms with Gasteiger partial charge in [0.1, 0.15) is 0 Å². The van der Waals surface area contributed by atoms with Crippen LogP contribution in [0.5, 0.6) is 0 Å². The molecule has 0 saturated heterocycles. The van der Waals surface area contributed by atoms with Crippen LogP contribution in [0.2, 0.25) is 0 Å². The highest BCUT2D eigenvalue weighted by molar-refractivity contribution is 6.34. The van der Waals surface area contributed by atoms with Crippen LogP contribution in [0.4, 0.5) is 0 Å². The van der Waals surface area contributed by atoms with E-state index < -0.39 is 0 Å². The molecule has 0 atom stereocenters. The van der Waals surface area contributed by atoms with E-state index >= 15 is 0 Å². The SMILES string of the molecule is c1ccc(-c2cc(-c3ccc(-c4ccc5c6ccccc6c6ccccc6c5c4)cc3)cc3c4ccccc4c4ccccc4c23)cc1.c1ccc(-c2cc(-c3cccc(-c4ccc5c6ccccc6c6ccccc6c5c4)c3)cc3c4ccccc4c4ccccc4c23)cc1.c1ccc(-c2cc(-c3cccc(-c4cccc(-c5ccc6c7ccccc7c7ccccc7c6c5)c4)c3)cc3c4ccccc4c4ccccc4c23)cc1. The molecular formula is C150H94. The fourth-order valence-corrected chi connectivity index (χ4v) is 24.9. The van der Waals surface area contributed by atoms with Crippen LogP contribution in [-0.2, 0) is 0 Å². The summed E-state index contributed by atoms with van der Waals surface area (Å²) in [5, 5.41) is 46.7. The Morgan fingerprint density at radius 1 is 0.0600 bits per heavy atom. The summed E-state index contributed by atoms with van der Waals surface area (Å²) in [5.41, 5.74) is 24.5. The fourth-order valence-electron chi connectivity index (χ4n) is 24.9. The summed E-state index contributed by atoms with van der Waals surface area (Å²) in [4.78, 5) is 0. The first-order valence-electron chi connectivity index (χ1n) is 52.1. The van der Waals surface area contributed by atoms with Crippen LogP contribution in [0.25, 0.3) is 305 Å². The zero-order chi connectivity index (χ0) is 98.8. The molecule has 0 fully saturated rings. The predicted octanol–water partition coefficient (Wildman–Crippen LogP) is 42.5. The molecule has 31 aromatic rings. The molecule has 0 unspecified atom stereocenters. The normalized spacial score (nSPS) is 11.7. The standard InChI is InChI=1S/C54H34.2C48H30/c1-2-14-35(15-3-1)51-33-41(34-53-48-26-9-7-23-45(48)46-24-10-11-27-50(46)54(51)53)39-19-13-17-37(31-39)36-16-12-18-38(30-36)40-28-29-49-44-22-5-4-20-42(44)43-21-6-8-25-47(43)52(49)32-40;1-2-13-31(14-3-1)45-29-35(30-47-42-23-9-7-20-39(42)40-21-10-11-24-44(40)48(45)47)33-16-12-15-32(27-33)34-25-26-43-38-19-5-4-17-36(38)37-18-6-8-22-41(37)46(43)28-34;1-2-12-33(13-3-1)45-29-35(30-47-42-20-9-7-17-39(42)40-18-10-11-21-44(40)48(45)47)32-24-22-31(23-25-32)34-26-27-43-38-16-5-4-14-36(38)37-15-6-8-19-41(37)46(43)28-34/h1-34H;2*1-30H. The highest BCUT2D eigenvalue weighted by Gasteiger charge is 2.24. The molecule has 31 aromatic carbocycles. The van der Waals surface area contributed by atoms with Crippen LogP contribution in [-0.4, -0.2) is 0 Å². The second kappa shape index (κ2) is 36.4. The van der Waals surface area contributed by atoms with Gasteiger partial charge in [0.2, 0.25) is 0 Å². The molecule has 0 nitrogen and oxygen atoms in total. The van der Waals surface area contributed by atoms with Gasteiger partial charge in [-0.25, -0.2) is 0 Å². The summed E-state index contributed by atoms with van der Waals surface area (Å²) < 4.78 is 0. The van der Waals surface area contributed by atoms with Crippen molar-refractivity contribution in [2.24, 2.45) is 0 Å². The van der Waals surface area contributed by atoms with E-state index in [4.69, 9.17) is 0 Å². The summed E-state index contributed by atoms with van der Waals surface area (Å²) in [6, 6.07) is 210. The van der Waals surface area contributed by atoms with Gasteiger partial charge in [-0.15, -0.1) is 0 Å². The van der Waals surface area contributed by atoms with Crippen molar-refractivity contribution in [3.8, 4) is 111 Å². The number of hydrogen-bond donors (Lipinski definition) is 0. The molecule has 150 heavy (non-hydrogen) atoms. The molecule has 0 heteroatoms. The number of rotatable bonds is 10. The number of hydrogen-bond acceptors (Lipinski definition) is 0. The Bertz CT molecular complexity index is 10900. The minimum atomic E-state index is 1.20. The van der Waals surface area contributed by atoms with Gasteiger partial charge in [-0.2, -0.15) is 0 Å². The second-order valence-electron chi connectivity index (χ2n) is 40.1. The molecule has 0 aliphatic carbocycles. The molecule has 0 aliphatic heterocycles. The van der Waals surface area contributed by atoms with E-state index in [0.717, 1.165) is 0 Å². The quantitative estimate of drug-likeness (QED) is 0.120. The maximum Gasteiger partial charge on any atom is -0.00199 e. The monoisotopic (exact) mass is 1890 g/mol. The Balaban J connectivity index is 0.000000106. The third-order valence-electron chi connectivity index (χ3n) is 31.8. The van der Waals surface area contributed by atoms with Crippen molar-refractivity contribution in [2.75, 3.05) is 0 Å². The van der Waals surface area contributed by atoms with Gasteiger partial charge in [0.05, 0.1) is 0 Å². The Labute approximate surface area is 868 Å². The molecule has 31 rings (SSSR count). The smallest absolute Gasteiger partial charge is 0.00199 e. The molecule has 0 aromatic heterocycles. The van der Waals surface area contributed by atoms with Crippen molar-refractivity contribution >= 4 is 194 Å². The second-order valence-corrected chi connectivity index (χ2v) is 40.1. The van der Waals surface area contributed by atoms with E-state index in [1.165, 1.54) is 305 Å². The van der Waals surface area contributed by atoms with Gasteiger partial charge in [0.15, 0.2) is 0 Å². The molecule has 694 valence electrons. The molecule has 0 spiro atoms. The lowest BCUT2D eigenvalue weighted by Crippen LogP contribution is -1.90. The van der Waals surface area contributed by atoms with Crippen LogP contribution in [0, 0.1) is 0 Å². The third kappa shape index (κ3) is 14.8. The van der Waals surface area contributed by atoms with E-state index in [1.54, 1.807) is 0 Å². The van der Waals surface area contributed by atoms with Crippen molar-refractivity contribution < 1.29 is 0 Å². The van der Waals surface area contributed by atoms with E-state index in [-0.39, 0.29) is 0 Å². The molecule has 0 bridgehead atoms. The maximum absolute atomic E-state index is 2.41. The molecule has 0 N–H and O–H groups in total. The van der Waals surface area contributed by atoms with Crippen molar-refractivity contribution in [1.29, 1.82) is 0 Å². The highest BCUT2D eigenvalue weighted by Crippen LogP contribution is 2.51. The summed E-state index contributed by atoms with van der Waals surface area (Å²) >= 11 is 0.